The summed E-state index contributed by atoms with van der Waals surface area (Å²) < 4.78 is 33.8. The van der Waals surface area contributed by atoms with Crippen LogP contribution in [0.25, 0.3) is 0 Å². The molecule has 1 aromatic rings. The van der Waals surface area contributed by atoms with E-state index < -0.39 is 17.6 Å². The molecule has 6 nitrogen and oxygen atoms in total. The van der Waals surface area contributed by atoms with E-state index >= 15 is 0 Å². The summed E-state index contributed by atoms with van der Waals surface area (Å²) in [4.78, 5) is 11.4. The molecule has 19 heavy (non-hydrogen) atoms. The Labute approximate surface area is 109 Å². The first kappa shape index (κ1) is 15.1. The van der Waals surface area contributed by atoms with Crippen LogP contribution >= 0.6 is 0 Å². The van der Waals surface area contributed by atoms with Gasteiger partial charge in [0.2, 0.25) is 0 Å². The Morgan fingerprint density at radius 3 is 2.63 bits per heavy atom. The van der Waals surface area contributed by atoms with Crippen molar-refractivity contribution in [3.8, 4) is 0 Å². The van der Waals surface area contributed by atoms with E-state index in [1.54, 1.807) is 7.05 Å². The molecule has 0 radical (unpaired) electrons. The number of esters is 1. The number of hydrogen-bond donors (Lipinski definition) is 0. The van der Waals surface area contributed by atoms with E-state index in [-0.39, 0.29) is 12.2 Å². The van der Waals surface area contributed by atoms with Crippen LogP contribution in [-0.2, 0) is 16.6 Å². The number of aryl methyl sites for hydroxylation is 1. The molecule has 0 spiro atoms. The topological polar surface area (TPSA) is 59.7 Å². The Morgan fingerprint density at radius 1 is 1.58 bits per heavy atom. The Bertz CT molecular complexity index is 483. The summed E-state index contributed by atoms with van der Waals surface area (Å²) in [6.07, 6.45) is 2.57. The molecule has 0 aliphatic carbocycles. The minimum Gasteiger partial charge on any atom is -0.461 e. The van der Waals surface area contributed by atoms with E-state index in [1.165, 1.54) is 43.1 Å². The molecule has 0 unspecified atom stereocenters. The van der Waals surface area contributed by atoms with Gasteiger partial charge in [-0.3, -0.25) is 4.68 Å². The first-order valence-electron chi connectivity index (χ1n) is 5.59. The van der Waals surface area contributed by atoms with Gasteiger partial charge in [-0.05, 0) is 6.92 Å². The van der Waals surface area contributed by atoms with Gasteiger partial charge >= 0.3 is 11.9 Å². The van der Waals surface area contributed by atoms with Crippen LogP contribution in [0.3, 0.4) is 0 Å². The maximum Gasteiger partial charge on any atom is 0.386 e. The summed E-state index contributed by atoms with van der Waals surface area (Å²) in [7, 11) is 4.55. The third-order valence-electron chi connectivity index (χ3n) is 2.11. The molecule has 1 aromatic heterocycles. The Hall–Kier alpha value is -1.99. The van der Waals surface area contributed by atoms with Gasteiger partial charge in [0, 0.05) is 32.9 Å². The Kier molecular flexibility index (Phi) is 4.57. The van der Waals surface area contributed by atoms with Gasteiger partial charge in [-0.25, -0.2) is 4.79 Å². The lowest BCUT2D eigenvalue weighted by atomic mass is 10.1. The van der Waals surface area contributed by atoms with Crippen LogP contribution in [-0.4, -0.2) is 53.1 Å². The zero-order valence-corrected chi connectivity index (χ0v) is 11.2. The largest absolute Gasteiger partial charge is 0.461 e. The SMILES string of the molecule is CCOC(=O)C(F)(F)/C(=N/N(C)C)c1cnn(C)c1. The van der Waals surface area contributed by atoms with Crippen molar-refractivity contribution < 1.29 is 18.3 Å². The van der Waals surface area contributed by atoms with E-state index in [4.69, 9.17) is 0 Å². The lowest BCUT2D eigenvalue weighted by Gasteiger charge is -2.18. The predicted molar refractivity (Wildman–Crippen MR) is 65.0 cm³/mol. The van der Waals surface area contributed by atoms with Crippen molar-refractivity contribution in [2.75, 3.05) is 20.7 Å². The Morgan fingerprint density at radius 2 is 2.21 bits per heavy atom. The number of carbonyl (C=O) groups excluding carboxylic acids is 1. The van der Waals surface area contributed by atoms with E-state index in [0.717, 1.165) is 0 Å². The first-order valence-corrected chi connectivity index (χ1v) is 5.59. The molecule has 0 amide bonds. The lowest BCUT2D eigenvalue weighted by molar-refractivity contribution is -0.162. The molecule has 8 heteroatoms. The molecule has 1 heterocycles. The van der Waals surface area contributed by atoms with Gasteiger partial charge in [-0.15, -0.1) is 0 Å². The standard InChI is InChI=1S/C11H16F2N4O2/c1-5-19-10(18)11(12,13)9(15-16(2)3)8-6-14-17(4)7-8/h6-7H,5H2,1-4H3/b15-9+. The molecule has 1 rings (SSSR count). The molecule has 0 fully saturated rings. The lowest BCUT2D eigenvalue weighted by Crippen LogP contribution is -2.40. The minimum absolute atomic E-state index is 0.0641. The average molecular weight is 274 g/mol. The summed E-state index contributed by atoms with van der Waals surface area (Å²) in [5.74, 6) is -5.46. The second-order valence-corrected chi connectivity index (χ2v) is 3.99. The average Bonchev–Trinajstić information content (AvgIpc) is 2.72. The zero-order chi connectivity index (χ0) is 14.6. The summed E-state index contributed by atoms with van der Waals surface area (Å²) in [6.45, 7) is 1.33. The highest BCUT2D eigenvalue weighted by Gasteiger charge is 2.48. The third-order valence-corrected chi connectivity index (χ3v) is 2.11. The Balaban J connectivity index is 3.22. The highest BCUT2D eigenvalue weighted by Crippen LogP contribution is 2.23. The smallest absolute Gasteiger partial charge is 0.386 e. The van der Waals surface area contributed by atoms with Crippen LogP contribution in [0.4, 0.5) is 8.78 Å². The highest BCUT2D eigenvalue weighted by atomic mass is 19.3. The predicted octanol–water partition coefficient (Wildman–Crippen LogP) is 0.884. The zero-order valence-electron chi connectivity index (χ0n) is 11.2. The van der Waals surface area contributed by atoms with Crippen molar-refractivity contribution in [1.82, 2.24) is 14.8 Å². The summed E-state index contributed by atoms with van der Waals surface area (Å²) in [5.41, 5.74) is -0.627. The first-order chi connectivity index (χ1) is 8.78. The number of halogens is 2. The summed E-state index contributed by atoms with van der Waals surface area (Å²) >= 11 is 0. The van der Waals surface area contributed by atoms with Crippen LogP contribution in [0.1, 0.15) is 12.5 Å². The van der Waals surface area contributed by atoms with Crippen LogP contribution in [0.2, 0.25) is 0 Å². The molecular formula is C11H16F2N4O2. The van der Waals surface area contributed by atoms with E-state index in [2.05, 4.69) is 14.9 Å². The number of hydrazone groups is 1. The van der Waals surface area contributed by atoms with Gasteiger partial charge in [0.05, 0.1) is 12.8 Å². The fraction of sp³-hybridized carbons (Fsp3) is 0.545. The van der Waals surface area contributed by atoms with E-state index in [0.29, 0.717) is 0 Å². The number of aromatic nitrogens is 2. The van der Waals surface area contributed by atoms with Crippen molar-refractivity contribution in [1.29, 1.82) is 0 Å². The number of ether oxygens (including phenoxy) is 1. The molecule has 0 aliphatic rings. The van der Waals surface area contributed by atoms with Gasteiger partial charge in [0.15, 0.2) is 5.71 Å². The summed E-state index contributed by atoms with van der Waals surface area (Å²) in [6, 6.07) is 0. The molecule has 0 aliphatic heterocycles. The molecule has 0 aromatic carbocycles. The van der Waals surface area contributed by atoms with Crippen LogP contribution < -0.4 is 0 Å². The molecule has 106 valence electrons. The van der Waals surface area contributed by atoms with Crippen LogP contribution in [0, 0.1) is 0 Å². The number of hydrogen-bond acceptors (Lipinski definition) is 5. The van der Waals surface area contributed by atoms with Crippen LogP contribution in [0.15, 0.2) is 17.5 Å². The van der Waals surface area contributed by atoms with Crippen LogP contribution in [0.5, 0.6) is 0 Å². The third kappa shape index (κ3) is 3.49. The molecule has 0 N–H and O–H groups in total. The summed E-state index contributed by atoms with van der Waals surface area (Å²) in [5, 5.41) is 8.67. The molecular weight excluding hydrogens is 258 g/mol. The number of carbonyl (C=O) groups is 1. The van der Waals surface area contributed by atoms with Gasteiger partial charge in [-0.1, -0.05) is 0 Å². The quantitative estimate of drug-likeness (QED) is 0.454. The highest BCUT2D eigenvalue weighted by molar-refractivity contribution is 6.16. The van der Waals surface area contributed by atoms with Crippen molar-refractivity contribution >= 4 is 11.7 Å². The van der Waals surface area contributed by atoms with Gasteiger partial charge in [-0.2, -0.15) is 19.0 Å². The number of alkyl halides is 2. The van der Waals surface area contributed by atoms with Gasteiger partial charge in [0.25, 0.3) is 0 Å². The van der Waals surface area contributed by atoms with Crippen molar-refractivity contribution in [3.63, 3.8) is 0 Å². The van der Waals surface area contributed by atoms with E-state index in [9.17, 15) is 13.6 Å². The molecule has 0 atom stereocenters. The molecule has 0 bridgehead atoms. The van der Waals surface area contributed by atoms with Crippen molar-refractivity contribution in [3.05, 3.63) is 18.0 Å². The van der Waals surface area contributed by atoms with E-state index in [1.807, 2.05) is 0 Å². The monoisotopic (exact) mass is 274 g/mol. The van der Waals surface area contributed by atoms with Gasteiger partial charge in [0.1, 0.15) is 0 Å². The van der Waals surface area contributed by atoms with Gasteiger partial charge < -0.3 is 9.75 Å². The van der Waals surface area contributed by atoms with Crippen molar-refractivity contribution in [2.45, 2.75) is 12.8 Å². The maximum atomic E-state index is 14.1. The molecule has 0 saturated heterocycles. The second kappa shape index (κ2) is 5.77. The second-order valence-electron chi connectivity index (χ2n) is 3.99. The maximum absolute atomic E-state index is 14.1. The number of rotatable bonds is 5. The number of nitrogens with zero attached hydrogens (tertiary/aromatic N) is 4. The fourth-order valence-electron chi connectivity index (χ4n) is 1.36. The van der Waals surface area contributed by atoms with Crippen molar-refractivity contribution in [2.24, 2.45) is 12.1 Å². The fourth-order valence-corrected chi connectivity index (χ4v) is 1.36. The normalized spacial score (nSPS) is 12.4. The minimum atomic E-state index is -3.83. The molecule has 0 saturated carbocycles.